The van der Waals surface area contributed by atoms with Crippen molar-refractivity contribution in [1.82, 2.24) is 10.3 Å². The van der Waals surface area contributed by atoms with E-state index in [-0.39, 0.29) is 12.5 Å². The van der Waals surface area contributed by atoms with Gasteiger partial charge in [-0.3, -0.25) is 9.78 Å². The summed E-state index contributed by atoms with van der Waals surface area (Å²) in [4.78, 5) is 17.3. The lowest BCUT2D eigenvalue weighted by atomic mass is 10.1. The molecule has 0 fully saturated rings. The normalized spacial score (nSPS) is 10.2. The van der Waals surface area contributed by atoms with E-state index >= 15 is 0 Å². The van der Waals surface area contributed by atoms with Crippen LogP contribution < -0.4 is 10.1 Å². The van der Waals surface area contributed by atoms with Crippen molar-refractivity contribution < 1.29 is 9.53 Å². The van der Waals surface area contributed by atoms with Gasteiger partial charge in [0.2, 0.25) is 5.91 Å². The number of thioether (sulfide) groups is 1. The molecule has 0 radical (unpaired) electrons. The molecule has 5 heteroatoms. The summed E-state index contributed by atoms with van der Waals surface area (Å²) in [5.74, 6) is 6.41. The summed E-state index contributed by atoms with van der Waals surface area (Å²) < 4.78 is 5.45. The summed E-state index contributed by atoms with van der Waals surface area (Å²) >= 11 is 1.81. The van der Waals surface area contributed by atoms with Crippen LogP contribution in [0.2, 0.25) is 0 Å². The van der Waals surface area contributed by atoms with E-state index in [1.54, 1.807) is 6.20 Å². The van der Waals surface area contributed by atoms with Crippen molar-refractivity contribution in [3.8, 4) is 17.6 Å². The Balaban J connectivity index is 1.66. The molecular formula is C21H24N2O2S. The Bertz CT molecular complexity index is 759. The fraction of sp³-hybridized carbons (Fsp3) is 0.333. The van der Waals surface area contributed by atoms with Crippen molar-refractivity contribution in [2.75, 3.05) is 13.2 Å². The molecule has 0 aliphatic rings. The van der Waals surface area contributed by atoms with E-state index in [2.05, 4.69) is 48.1 Å². The third kappa shape index (κ3) is 7.62. The number of nitrogens with one attached hydrogen (secondary N) is 1. The molecule has 0 atom stereocenters. The Morgan fingerprint density at radius 1 is 1.19 bits per heavy atom. The summed E-state index contributed by atoms with van der Waals surface area (Å²) in [5, 5.41) is 3.35. The Labute approximate surface area is 159 Å². The van der Waals surface area contributed by atoms with Crippen LogP contribution >= 0.6 is 11.8 Å². The van der Waals surface area contributed by atoms with E-state index in [1.165, 1.54) is 4.90 Å². The first-order valence-corrected chi connectivity index (χ1v) is 9.44. The molecule has 0 saturated heterocycles. The number of hydrogen-bond acceptors (Lipinski definition) is 4. The molecule has 1 aromatic heterocycles. The smallest absolute Gasteiger partial charge is 0.225 e. The number of hydrogen-bond donors (Lipinski definition) is 1. The van der Waals surface area contributed by atoms with Gasteiger partial charge in [0.1, 0.15) is 12.4 Å². The van der Waals surface area contributed by atoms with Crippen molar-refractivity contribution >= 4 is 17.7 Å². The van der Waals surface area contributed by atoms with Crippen molar-refractivity contribution in [3.05, 3.63) is 53.9 Å². The number of nitrogens with zero attached hydrogens (tertiary/aromatic N) is 1. The van der Waals surface area contributed by atoms with E-state index in [0.717, 1.165) is 11.3 Å². The van der Waals surface area contributed by atoms with Crippen LogP contribution in [0.1, 0.15) is 25.1 Å². The van der Waals surface area contributed by atoms with Crippen LogP contribution in [0.25, 0.3) is 0 Å². The molecule has 136 valence electrons. The van der Waals surface area contributed by atoms with Gasteiger partial charge in [-0.1, -0.05) is 37.8 Å². The molecule has 2 rings (SSSR count). The zero-order chi connectivity index (χ0) is 18.8. The third-order valence-electron chi connectivity index (χ3n) is 3.35. The van der Waals surface area contributed by atoms with Crippen LogP contribution in [-0.4, -0.2) is 29.3 Å². The predicted octanol–water partition coefficient (Wildman–Crippen LogP) is 3.63. The summed E-state index contributed by atoms with van der Waals surface area (Å²) in [6.45, 7) is 6.84. The Kier molecular flexibility index (Phi) is 8.04. The van der Waals surface area contributed by atoms with E-state index in [1.807, 2.05) is 43.0 Å². The lowest BCUT2D eigenvalue weighted by Crippen LogP contribution is -2.25. The fourth-order valence-corrected chi connectivity index (χ4v) is 2.96. The van der Waals surface area contributed by atoms with E-state index in [4.69, 9.17) is 4.74 Å². The number of benzene rings is 1. The molecule has 0 spiro atoms. The largest absolute Gasteiger partial charge is 0.479 e. The topological polar surface area (TPSA) is 51.2 Å². The first kappa shape index (κ1) is 19.9. The van der Waals surface area contributed by atoms with Crippen LogP contribution in [0, 0.1) is 18.8 Å². The van der Waals surface area contributed by atoms with Gasteiger partial charge in [0.15, 0.2) is 0 Å². The average molecular weight is 369 g/mol. The zero-order valence-corrected chi connectivity index (χ0v) is 16.2. The maximum Gasteiger partial charge on any atom is 0.225 e. The Morgan fingerprint density at radius 2 is 1.96 bits per heavy atom. The minimum atomic E-state index is -0.0350. The van der Waals surface area contributed by atoms with Gasteiger partial charge in [0, 0.05) is 15.8 Å². The number of rotatable bonds is 7. The van der Waals surface area contributed by atoms with Crippen LogP contribution in [-0.2, 0) is 11.2 Å². The minimum absolute atomic E-state index is 0.0350. The first-order chi connectivity index (χ1) is 12.5. The molecule has 0 unspecified atom stereocenters. The molecule has 0 saturated carbocycles. The average Bonchev–Trinajstić information content (AvgIpc) is 2.61. The Morgan fingerprint density at radius 3 is 2.62 bits per heavy atom. The van der Waals surface area contributed by atoms with Gasteiger partial charge in [-0.2, -0.15) is 0 Å². The highest BCUT2D eigenvalue weighted by atomic mass is 32.2. The van der Waals surface area contributed by atoms with Crippen LogP contribution in [0.5, 0.6) is 5.75 Å². The maximum absolute atomic E-state index is 11.9. The molecule has 0 aliphatic carbocycles. The molecule has 2 aromatic rings. The molecule has 26 heavy (non-hydrogen) atoms. The number of carbonyl (C=O) groups is 1. The van der Waals surface area contributed by atoms with Crippen LogP contribution in [0.3, 0.4) is 0 Å². The highest BCUT2D eigenvalue weighted by Crippen LogP contribution is 2.22. The lowest BCUT2D eigenvalue weighted by molar-refractivity contribution is -0.120. The van der Waals surface area contributed by atoms with Gasteiger partial charge in [-0.25, -0.2) is 0 Å². The summed E-state index contributed by atoms with van der Waals surface area (Å²) in [6.07, 6.45) is 2.03. The number of amides is 1. The third-order valence-corrected chi connectivity index (χ3v) is 4.37. The number of carbonyl (C=O) groups excluding carboxylic acids is 1. The zero-order valence-electron chi connectivity index (χ0n) is 15.4. The standard InChI is InChI=1S/C21H24N2O2S/c1-16(2)26-20-10-7-18(8-11-20)14-21(24)22-12-4-5-13-25-19-9-6-17(3)23-15-19/h6-11,15-16H,12-14H2,1-3H3,(H,22,24). The molecule has 4 nitrogen and oxygen atoms in total. The van der Waals surface area contributed by atoms with Gasteiger partial charge in [0.25, 0.3) is 0 Å². The van der Waals surface area contributed by atoms with Crippen molar-refractivity contribution in [3.63, 3.8) is 0 Å². The van der Waals surface area contributed by atoms with E-state index < -0.39 is 0 Å². The van der Waals surface area contributed by atoms with E-state index in [0.29, 0.717) is 24.0 Å². The number of aryl methyl sites for hydroxylation is 1. The monoisotopic (exact) mass is 368 g/mol. The molecular weight excluding hydrogens is 344 g/mol. The second-order valence-corrected chi connectivity index (χ2v) is 7.69. The lowest BCUT2D eigenvalue weighted by Gasteiger charge is -2.06. The van der Waals surface area contributed by atoms with Crippen LogP contribution in [0.15, 0.2) is 47.5 Å². The SMILES string of the molecule is Cc1ccc(OCC#CCNC(=O)Cc2ccc(SC(C)C)cc2)cn1. The van der Waals surface area contributed by atoms with Gasteiger partial charge < -0.3 is 10.1 Å². The summed E-state index contributed by atoms with van der Waals surface area (Å²) in [5.41, 5.74) is 1.94. The number of aromatic nitrogens is 1. The van der Waals surface area contributed by atoms with E-state index in [9.17, 15) is 4.79 Å². The molecule has 1 aromatic carbocycles. The number of pyridine rings is 1. The van der Waals surface area contributed by atoms with Crippen molar-refractivity contribution in [1.29, 1.82) is 0 Å². The second-order valence-electron chi connectivity index (χ2n) is 6.04. The second kappa shape index (κ2) is 10.5. The van der Waals surface area contributed by atoms with Gasteiger partial charge in [-0.15, -0.1) is 11.8 Å². The molecule has 0 aliphatic heterocycles. The van der Waals surface area contributed by atoms with Crippen LogP contribution in [0.4, 0.5) is 0 Å². The molecule has 1 amide bonds. The predicted molar refractivity (Wildman–Crippen MR) is 106 cm³/mol. The van der Waals surface area contributed by atoms with Gasteiger partial charge >= 0.3 is 0 Å². The summed E-state index contributed by atoms with van der Waals surface area (Å²) in [6, 6.07) is 11.9. The maximum atomic E-state index is 11.9. The molecule has 1 N–H and O–H groups in total. The van der Waals surface area contributed by atoms with Crippen molar-refractivity contribution in [2.24, 2.45) is 0 Å². The first-order valence-electron chi connectivity index (χ1n) is 8.56. The molecule has 0 bridgehead atoms. The minimum Gasteiger partial charge on any atom is -0.479 e. The Hall–Kier alpha value is -2.45. The fourth-order valence-electron chi connectivity index (χ4n) is 2.12. The quantitative estimate of drug-likeness (QED) is 0.599. The van der Waals surface area contributed by atoms with Gasteiger partial charge in [-0.05, 0) is 36.8 Å². The summed E-state index contributed by atoms with van der Waals surface area (Å²) in [7, 11) is 0. The number of ether oxygens (including phenoxy) is 1. The van der Waals surface area contributed by atoms with Gasteiger partial charge in [0.05, 0.1) is 19.2 Å². The highest BCUT2D eigenvalue weighted by Gasteiger charge is 2.03. The highest BCUT2D eigenvalue weighted by molar-refractivity contribution is 7.99. The van der Waals surface area contributed by atoms with Crippen molar-refractivity contribution in [2.45, 2.75) is 37.3 Å². The molecule has 1 heterocycles.